The van der Waals surface area contributed by atoms with Gasteiger partial charge in [0.25, 0.3) is 0 Å². The van der Waals surface area contributed by atoms with Gasteiger partial charge in [-0.2, -0.15) is 11.8 Å². The number of hydrogen-bond donors (Lipinski definition) is 2. The number of phenols is 1. The van der Waals surface area contributed by atoms with Crippen LogP contribution in [0, 0.1) is 5.92 Å². The molecule has 0 bridgehead atoms. The summed E-state index contributed by atoms with van der Waals surface area (Å²) in [6.07, 6.45) is 0. The lowest BCUT2D eigenvalue weighted by atomic mass is 10.1. The van der Waals surface area contributed by atoms with Crippen molar-refractivity contribution in [2.24, 2.45) is 10.9 Å². The molecule has 1 saturated heterocycles. The lowest BCUT2D eigenvalue weighted by Gasteiger charge is -2.36. The third-order valence-corrected chi connectivity index (χ3v) is 5.36. The Balaban J connectivity index is 0.00000264. The second-order valence-corrected chi connectivity index (χ2v) is 7.28. The molecule has 130 valence electrons. The highest BCUT2D eigenvalue weighted by Crippen LogP contribution is 2.25. The molecule has 1 aromatic carbocycles. The molecule has 1 fully saturated rings. The Kier molecular flexibility index (Phi) is 9.12. The number of aliphatic imine (C=N–C) groups is 1. The van der Waals surface area contributed by atoms with Crippen LogP contribution >= 0.6 is 35.7 Å². The number of thioether (sulfide) groups is 1. The molecule has 6 heteroatoms. The molecule has 0 saturated carbocycles. The molecule has 0 spiro atoms. The van der Waals surface area contributed by atoms with Crippen LogP contribution in [-0.4, -0.2) is 46.6 Å². The fourth-order valence-electron chi connectivity index (χ4n) is 2.46. The minimum atomic E-state index is 0. The van der Waals surface area contributed by atoms with Gasteiger partial charge in [0.05, 0.1) is 6.54 Å². The van der Waals surface area contributed by atoms with Gasteiger partial charge in [0.1, 0.15) is 5.75 Å². The average Bonchev–Trinajstić information content (AvgIpc) is 2.53. The van der Waals surface area contributed by atoms with Crippen molar-refractivity contribution < 1.29 is 5.11 Å². The number of hydrogen-bond acceptors (Lipinski definition) is 3. The SMILES string of the molecule is CCNC(=NCc1ccc(O)cc1)N1CCSC(C(C)C)C1.I. The second kappa shape index (κ2) is 10.3. The second-order valence-electron chi connectivity index (χ2n) is 5.94. The summed E-state index contributed by atoms with van der Waals surface area (Å²) < 4.78 is 0. The molecule has 0 radical (unpaired) electrons. The van der Waals surface area contributed by atoms with Gasteiger partial charge in [-0.15, -0.1) is 24.0 Å². The molecular formula is C17H28IN3OS. The van der Waals surface area contributed by atoms with Gasteiger partial charge in [0.2, 0.25) is 0 Å². The fourth-order valence-corrected chi connectivity index (χ4v) is 3.76. The van der Waals surface area contributed by atoms with Gasteiger partial charge in [0, 0.05) is 30.6 Å². The van der Waals surface area contributed by atoms with Crippen molar-refractivity contribution in [3.05, 3.63) is 29.8 Å². The van der Waals surface area contributed by atoms with E-state index in [1.165, 1.54) is 0 Å². The average molecular weight is 449 g/mol. The van der Waals surface area contributed by atoms with Gasteiger partial charge >= 0.3 is 0 Å². The van der Waals surface area contributed by atoms with Crippen LogP contribution in [0.25, 0.3) is 0 Å². The van der Waals surface area contributed by atoms with Crippen LogP contribution < -0.4 is 5.32 Å². The smallest absolute Gasteiger partial charge is 0.194 e. The Hall–Kier alpha value is -0.630. The van der Waals surface area contributed by atoms with Gasteiger partial charge < -0.3 is 15.3 Å². The first-order valence-electron chi connectivity index (χ1n) is 8.03. The van der Waals surface area contributed by atoms with Gasteiger partial charge in [-0.05, 0) is 30.5 Å². The van der Waals surface area contributed by atoms with Crippen molar-refractivity contribution in [1.82, 2.24) is 10.2 Å². The Bertz CT molecular complexity index is 493. The predicted octanol–water partition coefficient (Wildman–Crippen LogP) is 3.55. The van der Waals surface area contributed by atoms with Crippen molar-refractivity contribution >= 4 is 41.7 Å². The van der Waals surface area contributed by atoms with Crippen LogP contribution in [0.15, 0.2) is 29.3 Å². The van der Waals surface area contributed by atoms with Gasteiger partial charge in [-0.25, -0.2) is 4.99 Å². The minimum absolute atomic E-state index is 0. The molecule has 0 aromatic heterocycles. The van der Waals surface area contributed by atoms with Crippen LogP contribution in [0.5, 0.6) is 5.75 Å². The highest BCUT2D eigenvalue weighted by Gasteiger charge is 2.24. The zero-order valence-electron chi connectivity index (χ0n) is 14.2. The number of nitrogens with zero attached hydrogens (tertiary/aromatic N) is 2. The van der Waals surface area contributed by atoms with E-state index in [-0.39, 0.29) is 24.0 Å². The van der Waals surface area contributed by atoms with Crippen molar-refractivity contribution in [3.8, 4) is 5.75 Å². The van der Waals surface area contributed by atoms with Crippen LogP contribution in [0.3, 0.4) is 0 Å². The summed E-state index contributed by atoms with van der Waals surface area (Å²) in [5.74, 6) is 3.15. The maximum atomic E-state index is 9.34. The molecule has 1 aliphatic rings. The molecule has 1 atom stereocenters. The lowest BCUT2D eigenvalue weighted by molar-refractivity contribution is 0.381. The molecule has 1 aliphatic heterocycles. The summed E-state index contributed by atoms with van der Waals surface area (Å²) in [4.78, 5) is 7.15. The molecule has 2 N–H and O–H groups in total. The first kappa shape index (κ1) is 20.4. The monoisotopic (exact) mass is 449 g/mol. The first-order valence-corrected chi connectivity index (χ1v) is 9.07. The van der Waals surface area contributed by atoms with Crippen molar-refractivity contribution in [3.63, 3.8) is 0 Å². The molecule has 1 heterocycles. The van der Waals surface area contributed by atoms with E-state index < -0.39 is 0 Å². The number of nitrogens with one attached hydrogen (secondary N) is 1. The van der Waals surface area contributed by atoms with Crippen LogP contribution in [0.4, 0.5) is 0 Å². The number of halogens is 1. The summed E-state index contributed by atoms with van der Waals surface area (Å²) in [5.41, 5.74) is 1.11. The minimum Gasteiger partial charge on any atom is -0.508 e. The molecule has 4 nitrogen and oxygen atoms in total. The number of guanidine groups is 1. The number of rotatable bonds is 4. The summed E-state index contributed by atoms with van der Waals surface area (Å²) in [6, 6.07) is 7.27. The predicted molar refractivity (Wildman–Crippen MR) is 111 cm³/mol. The standard InChI is InChI=1S/C17H27N3OS.HI/c1-4-18-17(19-11-14-5-7-15(21)8-6-14)20-9-10-22-16(12-20)13(2)3;/h5-8,13,16,21H,4,9-12H2,1-3H3,(H,18,19);1H. The van der Waals surface area contributed by atoms with E-state index in [0.29, 0.717) is 23.5 Å². The van der Waals surface area contributed by atoms with Crippen molar-refractivity contribution in [2.45, 2.75) is 32.6 Å². The van der Waals surface area contributed by atoms with Gasteiger partial charge in [0.15, 0.2) is 5.96 Å². The highest BCUT2D eigenvalue weighted by atomic mass is 127. The van der Waals surface area contributed by atoms with E-state index in [1.54, 1.807) is 12.1 Å². The molecule has 0 amide bonds. The zero-order chi connectivity index (χ0) is 15.9. The van der Waals surface area contributed by atoms with E-state index in [9.17, 15) is 5.11 Å². The summed E-state index contributed by atoms with van der Waals surface area (Å²) in [5, 5.41) is 13.4. The fraction of sp³-hybridized carbons (Fsp3) is 0.588. The van der Waals surface area contributed by atoms with Crippen LogP contribution in [-0.2, 0) is 6.54 Å². The maximum Gasteiger partial charge on any atom is 0.194 e. The highest BCUT2D eigenvalue weighted by molar-refractivity contribution is 14.0. The topological polar surface area (TPSA) is 47.9 Å². The van der Waals surface area contributed by atoms with Gasteiger partial charge in [-0.1, -0.05) is 26.0 Å². The molecule has 2 rings (SSSR count). The first-order chi connectivity index (χ1) is 10.6. The summed E-state index contributed by atoms with van der Waals surface area (Å²) in [7, 11) is 0. The van der Waals surface area contributed by atoms with Crippen molar-refractivity contribution in [2.75, 3.05) is 25.4 Å². The van der Waals surface area contributed by atoms with Crippen molar-refractivity contribution in [1.29, 1.82) is 0 Å². The van der Waals surface area contributed by atoms with E-state index >= 15 is 0 Å². The maximum absolute atomic E-state index is 9.34. The Morgan fingerprint density at radius 1 is 1.39 bits per heavy atom. The molecular weight excluding hydrogens is 421 g/mol. The zero-order valence-corrected chi connectivity index (χ0v) is 17.3. The molecule has 0 aliphatic carbocycles. The third kappa shape index (κ3) is 6.41. The molecule has 1 aromatic rings. The van der Waals surface area contributed by atoms with E-state index in [1.807, 2.05) is 12.1 Å². The lowest BCUT2D eigenvalue weighted by Crippen LogP contribution is -2.49. The van der Waals surface area contributed by atoms with Crippen LogP contribution in [0.2, 0.25) is 0 Å². The van der Waals surface area contributed by atoms with Gasteiger partial charge in [-0.3, -0.25) is 0 Å². The Morgan fingerprint density at radius 3 is 2.70 bits per heavy atom. The van der Waals surface area contributed by atoms with E-state index in [0.717, 1.165) is 36.9 Å². The quantitative estimate of drug-likeness (QED) is 0.420. The summed E-state index contributed by atoms with van der Waals surface area (Å²) >= 11 is 2.07. The number of aromatic hydroxyl groups is 1. The Morgan fingerprint density at radius 2 is 2.09 bits per heavy atom. The third-order valence-electron chi connectivity index (χ3n) is 3.82. The Labute approximate surface area is 161 Å². The normalized spacial score (nSPS) is 18.7. The largest absolute Gasteiger partial charge is 0.508 e. The molecule has 1 unspecified atom stereocenters. The van der Waals surface area contributed by atoms with E-state index in [4.69, 9.17) is 4.99 Å². The number of phenolic OH excluding ortho intramolecular Hbond substituents is 1. The van der Waals surface area contributed by atoms with Crippen LogP contribution in [0.1, 0.15) is 26.3 Å². The molecule has 23 heavy (non-hydrogen) atoms. The summed E-state index contributed by atoms with van der Waals surface area (Å²) in [6.45, 7) is 10.3. The number of benzene rings is 1. The van der Waals surface area contributed by atoms with E-state index in [2.05, 4.69) is 42.7 Å².